The summed E-state index contributed by atoms with van der Waals surface area (Å²) in [4.78, 5) is 15.3. The van der Waals surface area contributed by atoms with Crippen LogP contribution < -0.4 is 9.47 Å². The quantitative estimate of drug-likeness (QED) is 0.681. The lowest BCUT2D eigenvalue weighted by Crippen LogP contribution is -2.44. The molecule has 3 rings (SSSR count). The van der Waals surface area contributed by atoms with Gasteiger partial charge in [-0.1, -0.05) is 19.4 Å². The first-order valence-corrected chi connectivity index (χ1v) is 10.2. The zero-order chi connectivity index (χ0) is 18.5. The first-order chi connectivity index (χ1) is 12.7. The maximum atomic E-state index is 13.0. The van der Waals surface area contributed by atoms with Gasteiger partial charge >= 0.3 is 0 Å². The molecule has 0 saturated heterocycles. The number of amides is 1. The van der Waals surface area contributed by atoms with Crippen LogP contribution in [0, 0.1) is 5.92 Å². The van der Waals surface area contributed by atoms with Crippen molar-refractivity contribution in [3.05, 3.63) is 23.8 Å². The molecule has 2 fully saturated rings. The highest BCUT2D eigenvalue weighted by atomic mass is 16.5. The number of hydrogen-bond donors (Lipinski definition) is 0. The van der Waals surface area contributed by atoms with Gasteiger partial charge in [0.05, 0.1) is 14.2 Å². The Balaban J connectivity index is 1.59. The molecule has 0 unspecified atom stereocenters. The predicted molar refractivity (Wildman–Crippen MR) is 104 cm³/mol. The van der Waals surface area contributed by atoms with Crippen molar-refractivity contribution in [1.82, 2.24) is 4.90 Å². The van der Waals surface area contributed by atoms with Gasteiger partial charge in [0.2, 0.25) is 5.91 Å². The Morgan fingerprint density at radius 3 is 2.15 bits per heavy atom. The first kappa shape index (κ1) is 19.1. The van der Waals surface area contributed by atoms with Crippen LogP contribution in [0.15, 0.2) is 18.2 Å². The zero-order valence-electron chi connectivity index (χ0n) is 16.5. The summed E-state index contributed by atoms with van der Waals surface area (Å²) in [7, 11) is 3.29. The number of ether oxygens (including phenoxy) is 2. The second-order valence-corrected chi connectivity index (χ2v) is 7.80. The normalized spacial score (nSPS) is 22.7. The third-order valence-corrected chi connectivity index (χ3v) is 6.09. The fraction of sp³-hybridized carbons (Fsp3) is 0.682. The smallest absolute Gasteiger partial charge is 0.223 e. The molecule has 4 nitrogen and oxygen atoms in total. The van der Waals surface area contributed by atoms with E-state index in [2.05, 4.69) is 11.8 Å². The largest absolute Gasteiger partial charge is 0.493 e. The fourth-order valence-corrected chi connectivity index (χ4v) is 4.31. The van der Waals surface area contributed by atoms with Crippen LogP contribution in [0.25, 0.3) is 0 Å². The molecule has 1 amide bonds. The van der Waals surface area contributed by atoms with E-state index >= 15 is 0 Å². The second-order valence-electron chi connectivity index (χ2n) is 7.80. The van der Waals surface area contributed by atoms with Crippen LogP contribution in [0.3, 0.4) is 0 Å². The Labute approximate surface area is 157 Å². The number of benzene rings is 1. The van der Waals surface area contributed by atoms with Crippen molar-refractivity contribution in [1.29, 1.82) is 0 Å². The van der Waals surface area contributed by atoms with Gasteiger partial charge in [0.15, 0.2) is 11.5 Å². The molecule has 0 N–H and O–H groups in total. The summed E-state index contributed by atoms with van der Waals surface area (Å²) < 4.78 is 10.7. The van der Waals surface area contributed by atoms with E-state index in [0.717, 1.165) is 29.4 Å². The summed E-state index contributed by atoms with van der Waals surface area (Å²) in [6.07, 6.45) is 9.95. The summed E-state index contributed by atoms with van der Waals surface area (Å²) in [6.45, 7) is 2.29. The molecule has 4 heteroatoms. The van der Waals surface area contributed by atoms with Gasteiger partial charge in [-0.3, -0.25) is 4.79 Å². The molecule has 26 heavy (non-hydrogen) atoms. The van der Waals surface area contributed by atoms with E-state index in [1.807, 2.05) is 18.2 Å². The number of aryl methyl sites for hydroxylation is 1. The van der Waals surface area contributed by atoms with Crippen LogP contribution in [0.2, 0.25) is 0 Å². The van der Waals surface area contributed by atoms with Crippen molar-refractivity contribution in [3.8, 4) is 11.5 Å². The van der Waals surface area contributed by atoms with Gasteiger partial charge in [0.25, 0.3) is 0 Å². The zero-order valence-corrected chi connectivity index (χ0v) is 16.5. The van der Waals surface area contributed by atoms with Crippen LogP contribution >= 0.6 is 0 Å². The lowest BCUT2D eigenvalue weighted by atomic mass is 9.83. The van der Waals surface area contributed by atoms with Crippen LogP contribution in [-0.4, -0.2) is 37.1 Å². The number of rotatable bonds is 8. The highest BCUT2D eigenvalue weighted by Crippen LogP contribution is 2.37. The van der Waals surface area contributed by atoms with Crippen molar-refractivity contribution in [2.24, 2.45) is 5.92 Å². The van der Waals surface area contributed by atoms with Gasteiger partial charge in [-0.25, -0.2) is 0 Å². The summed E-state index contributed by atoms with van der Waals surface area (Å²) in [5.41, 5.74) is 1.13. The van der Waals surface area contributed by atoms with Gasteiger partial charge < -0.3 is 14.4 Å². The van der Waals surface area contributed by atoms with Gasteiger partial charge in [0.1, 0.15) is 0 Å². The third-order valence-electron chi connectivity index (χ3n) is 6.09. The van der Waals surface area contributed by atoms with Crippen molar-refractivity contribution in [2.75, 3.05) is 14.2 Å². The lowest BCUT2D eigenvalue weighted by molar-refractivity contribution is -0.135. The molecule has 0 heterocycles. The lowest BCUT2D eigenvalue weighted by Gasteiger charge is -2.37. The SMILES string of the molecule is CCC1CCC(N(C(=O)CCc2ccc(OC)c(OC)c2)C2CC2)CC1. The maximum absolute atomic E-state index is 13.0. The third kappa shape index (κ3) is 4.52. The summed E-state index contributed by atoms with van der Waals surface area (Å²) in [5, 5.41) is 0. The van der Waals surface area contributed by atoms with E-state index in [9.17, 15) is 4.79 Å². The second kappa shape index (κ2) is 8.79. The number of carbonyl (C=O) groups is 1. The standard InChI is InChI=1S/C22H33NO3/c1-4-16-5-9-18(10-6-16)23(19-11-12-19)22(24)14-8-17-7-13-20(25-2)21(15-17)26-3/h7,13,15-16,18-19H,4-6,8-12,14H2,1-3H3. The van der Waals surface area contributed by atoms with Crippen LogP contribution in [0.1, 0.15) is 63.9 Å². The Hall–Kier alpha value is -1.71. The summed E-state index contributed by atoms with van der Waals surface area (Å²) in [6, 6.07) is 6.92. The van der Waals surface area contributed by atoms with Gasteiger partial charge in [0, 0.05) is 18.5 Å². The van der Waals surface area contributed by atoms with Crippen molar-refractivity contribution in [3.63, 3.8) is 0 Å². The van der Waals surface area contributed by atoms with E-state index in [1.165, 1.54) is 44.9 Å². The molecular weight excluding hydrogens is 326 g/mol. The minimum Gasteiger partial charge on any atom is -0.493 e. The van der Waals surface area contributed by atoms with E-state index in [4.69, 9.17) is 9.47 Å². The minimum absolute atomic E-state index is 0.335. The van der Waals surface area contributed by atoms with E-state index in [1.54, 1.807) is 14.2 Å². The molecule has 0 atom stereocenters. The highest BCUT2D eigenvalue weighted by molar-refractivity contribution is 5.77. The topological polar surface area (TPSA) is 38.8 Å². The van der Waals surface area contributed by atoms with E-state index in [-0.39, 0.29) is 0 Å². The number of nitrogens with zero attached hydrogens (tertiary/aromatic N) is 1. The molecule has 0 bridgehead atoms. The summed E-state index contributed by atoms with van der Waals surface area (Å²) >= 11 is 0. The molecule has 1 aromatic carbocycles. The van der Waals surface area contributed by atoms with Crippen molar-refractivity contribution >= 4 is 5.91 Å². The average molecular weight is 360 g/mol. The molecule has 144 valence electrons. The predicted octanol–water partition coefficient (Wildman–Crippen LogP) is 4.60. The molecule has 0 aromatic heterocycles. The Kier molecular flexibility index (Phi) is 6.44. The van der Waals surface area contributed by atoms with E-state index in [0.29, 0.717) is 24.4 Å². The highest BCUT2D eigenvalue weighted by Gasteiger charge is 2.38. The monoisotopic (exact) mass is 359 g/mol. The molecule has 2 aliphatic rings. The van der Waals surface area contributed by atoms with Gasteiger partial charge in [-0.2, -0.15) is 0 Å². The van der Waals surface area contributed by atoms with Crippen molar-refractivity contribution < 1.29 is 14.3 Å². The molecular formula is C22H33NO3. The van der Waals surface area contributed by atoms with Crippen LogP contribution in [-0.2, 0) is 11.2 Å². The van der Waals surface area contributed by atoms with Crippen LogP contribution in [0.4, 0.5) is 0 Å². The van der Waals surface area contributed by atoms with Crippen LogP contribution in [0.5, 0.6) is 11.5 Å². The molecule has 0 aliphatic heterocycles. The molecule has 2 saturated carbocycles. The molecule has 1 aromatic rings. The molecule has 2 aliphatic carbocycles. The minimum atomic E-state index is 0.335. The summed E-state index contributed by atoms with van der Waals surface area (Å²) in [5.74, 6) is 2.67. The van der Waals surface area contributed by atoms with Gasteiger partial charge in [-0.15, -0.1) is 0 Å². The number of hydrogen-bond acceptors (Lipinski definition) is 3. The average Bonchev–Trinajstić information content (AvgIpc) is 3.51. The molecule has 0 spiro atoms. The molecule has 0 radical (unpaired) electrons. The Morgan fingerprint density at radius 1 is 1.00 bits per heavy atom. The Bertz CT molecular complexity index is 603. The fourth-order valence-electron chi connectivity index (χ4n) is 4.31. The maximum Gasteiger partial charge on any atom is 0.223 e. The van der Waals surface area contributed by atoms with Gasteiger partial charge in [-0.05, 0) is 68.6 Å². The van der Waals surface area contributed by atoms with E-state index < -0.39 is 0 Å². The number of methoxy groups -OCH3 is 2. The number of carbonyl (C=O) groups excluding carboxylic acids is 1. The first-order valence-electron chi connectivity index (χ1n) is 10.2. The van der Waals surface area contributed by atoms with Crippen molar-refractivity contribution in [2.45, 2.75) is 76.8 Å². The Morgan fingerprint density at radius 2 is 1.62 bits per heavy atom.